The molecule has 2 heterocycles. The highest BCUT2D eigenvalue weighted by atomic mass is 32.2. The summed E-state index contributed by atoms with van der Waals surface area (Å²) in [5, 5.41) is 4.21. The predicted molar refractivity (Wildman–Crippen MR) is 74.6 cm³/mol. The van der Waals surface area contributed by atoms with Gasteiger partial charge in [-0.05, 0) is 26.3 Å². The van der Waals surface area contributed by atoms with Crippen LogP contribution < -0.4 is 4.72 Å². The number of aryl methyl sites for hydroxylation is 2. The van der Waals surface area contributed by atoms with Crippen molar-refractivity contribution in [2.75, 3.05) is 0 Å². The van der Waals surface area contributed by atoms with E-state index in [1.165, 1.54) is 16.9 Å². The molecule has 0 aliphatic rings. The minimum atomic E-state index is -3.62. The van der Waals surface area contributed by atoms with Gasteiger partial charge in [-0.2, -0.15) is 9.82 Å². The number of aromatic amines is 1. The maximum absolute atomic E-state index is 12.4. The molecule has 1 atom stereocenters. The molecule has 0 aliphatic carbocycles. The smallest absolute Gasteiger partial charge is 0.258 e. The first-order valence-electron chi connectivity index (χ1n) is 6.49. The third-order valence-electron chi connectivity index (χ3n) is 2.85. The molecule has 0 fully saturated rings. The molecule has 110 valence electrons. The fourth-order valence-corrected chi connectivity index (χ4v) is 3.28. The summed E-state index contributed by atoms with van der Waals surface area (Å²) in [6, 6.07) is 1.07. The zero-order chi connectivity index (χ0) is 14.8. The molecule has 2 N–H and O–H groups in total. The molecule has 0 saturated heterocycles. The molecule has 20 heavy (non-hydrogen) atoms. The van der Waals surface area contributed by atoms with Crippen LogP contribution in [0.3, 0.4) is 0 Å². The summed E-state index contributed by atoms with van der Waals surface area (Å²) >= 11 is 0. The number of sulfonamides is 1. The quantitative estimate of drug-likeness (QED) is 0.842. The highest BCUT2D eigenvalue weighted by Crippen LogP contribution is 2.14. The topological polar surface area (TPSA) is 92.7 Å². The molecular weight excluding hydrogens is 278 g/mol. The third kappa shape index (κ3) is 3.07. The number of nitrogens with one attached hydrogen (secondary N) is 2. The Morgan fingerprint density at radius 1 is 1.50 bits per heavy atom. The van der Waals surface area contributed by atoms with Crippen molar-refractivity contribution >= 4 is 10.0 Å². The molecule has 0 aliphatic heterocycles. The Morgan fingerprint density at radius 2 is 2.25 bits per heavy atom. The molecule has 2 aromatic rings. The van der Waals surface area contributed by atoms with Gasteiger partial charge < -0.3 is 4.98 Å². The van der Waals surface area contributed by atoms with E-state index in [0.717, 1.165) is 12.1 Å². The van der Waals surface area contributed by atoms with E-state index in [0.29, 0.717) is 12.4 Å². The maximum atomic E-state index is 12.4. The Morgan fingerprint density at radius 3 is 2.85 bits per heavy atom. The molecule has 8 heteroatoms. The van der Waals surface area contributed by atoms with Gasteiger partial charge in [-0.25, -0.2) is 13.4 Å². The Kier molecular flexibility index (Phi) is 4.24. The average Bonchev–Trinajstić information content (AvgIpc) is 2.98. The minimum Gasteiger partial charge on any atom is -0.345 e. The highest BCUT2D eigenvalue weighted by molar-refractivity contribution is 7.89. The maximum Gasteiger partial charge on any atom is 0.258 e. The van der Waals surface area contributed by atoms with Crippen LogP contribution in [0.15, 0.2) is 23.5 Å². The first-order valence-corrected chi connectivity index (χ1v) is 7.98. The molecule has 2 aromatic heterocycles. The molecule has 0 amide bonds. The fraction of sp³-hybridized carbons (Fsp3) is 0.500. The number of rotatable bonds is 6. The molecule has 0 saturated carbocycles. The van der Waals surface area contributed by atoms with Gasteiger partial charge in [0.2, 0.25) is 0 Å². The molecule has 2 rings (SSSR count). The third-order valence-corrected chi connectivity index (χ3v) is 4.41. The summed E-state index contributed by atoms with van der Waals surface area (Å²) in [4.78, 5) is 7.16. The van der Waals surface area contributed by atoms with Crippen molar-refractivity contribution in [1.29, 1.82) is 0 Å². The second kappa shape index (κ2) is 5.76. The van der Waals surface area contributed by atoms with Crippen LogP contribution >= 0.6 is 0 Å². The molecule has 0 spiro atoms. The largest absolute Gasteiger partial charge is 0.345 e. The van der Waals surface area contributed by atoms with Gasteiger partial charge in [-0.3, -0.25) is 4.68 Å². The SMILES string of the molecule is CCCn1nccc1S(=O)(=O)N[C@H](C)c1ncc(C)[nH]1. The first-order chi connectivity index (χ1) is 9.44. The lowest BCUT2D eigenvalue weighted by Gasteiger charge is -2.13. The van der Waals surface area contributed by atoms with Crippen LogP contribution in [-0.2, 0) is 16.6 Å². The van der Waals surface area contributed by atoms with Gasteiger partial charge in [-0.1, -0.05) is 6.92 Å². The lowest BCUT2D eigenvalue weighted by atomic mass is 10.3. The number of hydrogen-bond donors (Lipinski definition) is 2. The Labute approximate surface area is 118 Å². The van der Waals surface area contributed by atoms with Crippen LogP contribution in [0.4, 0.5) is 0 Å². The zero-order valence-electron chi connectivity index (χ0n) is 11.8. The summed E-state index contributed by atoms with van der Waals surface area (Å²) in [7, 11) is -3.62. The van der Waals surface area contributed by atoms with Gasteiger partial charge >= 0.3 is 0 Å². The number of hydrogen-bond acceptors (Lipinski definition) is 4. The van der Waals surface area contributed by atoms with Gasteiger partial charge in [0.25, 0.3) is 10.0 Å². The van der Waals surface area contributed by atoms with E-state index in [1.54, 1.807) is 13.1 Å². The monoisotopic (exact) mass is 297 g/mol. The normalized spacial score (nSPS) is 13.6. The van der Waals surface area contributed by atoms with E-state index >= 15 is 0 Å². The van der Waals surface area contributed by atoms with Gasteiger partial charge in [0.1, 0.15) is 5.82 Å². The summed E-state index contributed by atoms with van der Waals surface area (Å²) < 4.78 is 28.8. The average molecular weight is 297 g/mol. The summed E-state index contributed by atoms with van der Waals surface area (Å²) in [6.07, 6.45) is 3.98. The van der Waals surface area contributed by atoms with E-state index in [9.17, 15) is 8.42 Å². The van der Waals surface area contributed by atoms with Crippen molar-refractivity contribution in [3.8, 4) is 0 Å². The standard InChI is InChI=1S/C12H19N5O2S/c1-4-7-17-11(5-6-14-17)20(18,19)16-10(3)12-13-8-9(2)15-12/h5-6,8,10,16H,4,7H2,1-3H3,(H,13,15)/t10-/m1/s1. The van der Waals surface area contributed by atoms with Crippen LogP contribution in [0, 0.1) is 6.92 Å². The van der Waals surface area contributed by atoms with Gasteiger partial charge in [-0.15, -0.1) is 0 Å². The molecule has 0 radical (unpaired) electrons. The van der Waals surface area contributed by atoms with E-state index in [-0.39, 0.29) is 5.03 Å². The van der Waals surface area contributed by atoms with Crippen LogP contribution in [-0.4, -0.2) is 28.2 Å². The summed E-state index contributed by atoms with van der Waals surface area (Å²) in [5.41, 5.74) is 0.891. The van der Waals surface area contributed by atoms with E-state index in [2.05, 4.69) is 19.8 Å². The summed E-state index contributed by atoms with van der Waals surface area (Å²) in [5.74, 6) is 0.590. The highest BCUT2D eigenvalue weighted by Gasteiger charge is 2.23. The van der Waals surface area contributed by atoms with E-state index in [4.69, 9.17) is 0 Å². The van der Waals surface area contributed by atoms with Crippen molar-refractivity contribution in [2.24, 2.45) is 0 Å². The van der Waals surface area contributed by atoms with Gasteiger partial charge in [0.05, 0.1) is 12.2 Å². The van der Waals surface area contributed by atoms with Crippen molar-refractivity contribution in [1.82, 2.24) is 24.5 Å². The molecule has 0 aromatic carbocycles. The van der Waals surface area contributed by atoms with Crippen LogP contribution in [0.1, 0.15) is 37.8 Å². The van der Waals surface area contributed by atoms with Gasteiger partial charge in [0.15, 0.2) is 5.03 Å². The fourth-order valence-electron chi connectivity index (χ4n) is 1.93. The zero-order valence-corrected chi connectivity index (χ0v) is 12.6. The lowest BCUT2D eigenvalue weighted by molar-refractivity contribution is 0.515. The van der Waals surface area contributed by atoms with E-state index < -0.39 is 16.1 Å². The van der Waals surface area contributed by atoms with E-state index in [1.807, 2.05) is 13.8 Å². The lowest BCUT2D eigenvalue weighted by Crippen LogP contribution is -2.29. The van der Waals surface area contributed by atoms with Crippen molar-refractivity contribution in [3.63, 3.8) is 0 Å². The number of imidazole rings is 1. The molecule has 0 bridgehead atoms. The van der Waals surface area contributed by atoms with Gasteiger partial charge in [0, 0.05) is 18.4 Å². The van der Waals surface area contributed by atoms with Crippen LogP contribution in [0.25, 0.3) is 0 Å². The van der Waals surface area contributed by atoms with Crippen molar-refractivity contribution in [2.45, 2.75) is 44.8 Å². The number of aromatic nitrogens is 4. The second-order valence-electron chi connectivity index (χ2n) is 4.69. The van der Waals surface area contributed by atoms with Crippen LogP contribution in [0.5, 0.6) is 0 Å². The van der Waals surface area contributed by atoms with Crippen molar-refractivity contribution in [3.05, 3.63) is 30.0 Å². The Hall–Kier alpha value is -1.67. The molecule has 0 unspecified atom stereocenters. The number of H-pyrrole nitrogens is 1. The predicted octanol–water partition coefficient (Wildman–Crippen LogP) is 1.36. The Bertz CT molecular complexity index is 674. The Balaban J connectivity index is 2.20. The summed E-state index contributed by atoms with van der Waals surface area (Å²) in [6.45, 7) is 6.15. The second-order valence-corrected chi connectivity index (χ2v) is 6.35. The van der Waals surface area contributed by atoms with Crippen molar-refractivity contribution < 1.29 is 8.42 Å². The minimum absolute atomic E-state index is 0.175. The number of nitrogens with zero attached hydrogens (tertiary/aromatic N) is 3. The first kappa shape index (κ1) is 14.7. The van der Waals surface area contributed by atoms with Crippen LogP contribution in [0.2, 0.25) is 0 Å². The molecule has 7 nitrogen and oxygen atoms in total. The molecular formula is C12H19N5O2S.